The number of morpholine rings is 1. The highest BCUT2D eigenvalue weighted by atomic mass is 16.5. The predicted octanol–water partition coefficient (Wildman–Crippen LogP) is 2.39. The molecule has 1 aliphatic heterocycles. The largest absolute Gasteiger partial charge is 0.379 e. The molecule has 2 aromatic rings. The van der Waals surface area contributed by atoms with Gasteiger partial charge in [0, 0.05) is 38.4 Å². The van der Waals surface area contributed by atoms with Gasteiger partial charge in [-0.05, 0) is 18.6 Å². The lowest BCUT2D eigenvalue weighted by atomic mass is 10.1. The fourth-order valence-corrected chi connectivity index (χ4v) is 2.72. The van der Waals surface area contributed by atoms with E-state index in [1.165, 1.54) is 5.56 Å². The zero-order valence-corrected chi connectivity index (χ0v) is 14.1. The van der Waals surface area contributed by atoms with Gasteiger partial charge in [-0.3, -0.25) is 4.90 Å². The molecule has 1 aliphatic rings. The molecular weight excluding hydrogens is 302 g/mol. The van der Waals surface area contributed by atoms with E-state index in [-0.39, 0.29) is 6.04 Å². The number of benzene rings is 1. The molecule has 24 heavy (non-hydrogen) atoms. The Balaban J connectivity index is 1.50. The van der Waals surface area contributed by atoms with Crippen molar-refractivity contribution in [1.29, 1.82) is 0 Å². The normalized spacial score (nSPS) is 16.5. The topological polar surface area (TPSA) is 62.3 Å². The lowest BCUT2D eigenvalue weighted by Crippen LogP contribution is -2.39. The van der Waals surface area contributed by atoms with Crippen LogP contribution in [0.3, 0.4) is 0 Å². The molecule has 1 aromatic heterocycles. The van der Waals surface area contributed by atoms with Crippen LogP contribution in [-0.2, 0) is 4.74 Å². The van der Waals surface area contributed by atoms with Crippen molar-refractivity contribution in [1.82, 2.24) is 14.9 Å². The van der Waals surface area contributed by atoms with Gasteiger partial charge in [-0.15, -0.1) is 0 Å². The van der Waals surface area contributed by atoms with Crippen LogP contribution in [-0.4, -0.2) is 54.3 Å². The molecule has 6 heteroatoms. The maximum absolute atomic E-state index is 5.36. The Labute approximate surface area is 143 Å². The van der Waals surface area contributed by atoms with Gasteiger partial charge in [0.05, 0.1) is 13.2 Å². The van der Waals surface area contributed by atoms with Crippen LogP contribution in [0.1, 0.15) is 18.5 Å². The zero-order chi connectivity index (χ0) is 16.6. The number of ether oxygens (including phenoxy) is 1. The minimum atomic E-state index is 0.197. The fraction of sp³-hybridized carbons (Fsp3) is 0.444. The van der Waals surface area contributed by atoms with E-state index in [1.54, 1.807) is 6.20 Å². The Kier molecular flexibility index (Phi) is 5.98. The summed E-state index contributed by atoms with van der Waals surface area (Å²) < 4.78 is 5.36. The lowest BCUT2D eigenvalue weighted by molar-refractivity contribution is 0.0398. The molecule has 1 atom stereocenters. The van der Waals surface area contributed by atoms with E-state index in [4.69, 9.17) is 4.74 Å². The second kappa shape index (κ2) is 8.61. The number of rotatable bonds is 7. The predicted molar refractivity (Wildman–Crippen MR) is 96.3 cm³/mol. The van der Waals surface area contributed by atoms with Crippen LogP contribution in [0, 0.1) is 0 Å². The van der Waals surface area contributed by atoms with Crippen LogP contribution in [0.2, 0.25) is 0 Å². The van der Waals surface area contributed by atoms with E-state index >= 15 is 0 Å². The van der Waals surface area contributed by atoms with E-state index in [0.29, 0.717) is 5.95 Å². The standard InChI is InChI=1S/C18H25N5O/c1-15(16-5-3-2-4-6-16)21-17-7-8-19-18(22-17)20-9-10-23-11-13-24-14-12-23/h2-8,15H,9-14H2,1H3,(H2,19,20,21,22). The summed E-state index contributed by atoms with van der Waals surface area (Å²) in [6.07, 6.45) is 1.78. The van der Waals surface area contributed by atoms with Crippen molar-refractivity contribution in [3.05, 3.63) is 48.2 Å². The third-order valence-corrected chi connectivity index (χ3v) is 4.13. The molecule has 0 saturated carbocycles. The molecule has 0 amide bonds. The molecule has 1 aromatic carbocycles. The molecule has 1 fully saturated rings. The van der Waals surface area contributed by atoms with Gasteiger partial charge in [-0.25, -0.2) is 4.98 Å². The summed E-state index contributed by atoms with van der Waals surface area (Å²) in [4.78, 5) is 11.2. The van der Waals surface area contributed by atoms with Gasteiger partial charge in [-0.1, -0.05) is 30.3 Å². The molecule has 1 unspecified atom stereocenters. The molecule has 6 nitrogen and oxygen atoms in total. The van der Waals surface area contributed by atoms with E-state index < -0.39 is 0 Å². The van der Waals surface area contributed by atoms with Crippen molar-refractivity contribution in [2.75, 3.05) is 50.0 Å². The number of hydrogen-bond donors (Lipinski definition) is 2. The van der Waals surface area contributed by atoms with Crippen LogP contribution < -0.4 is 10.6 Å². The van der Waals surface area contributed by atoms with E-state index in [0.717, 1.165) is 45.2 Å². The molecule has 128 valence electrons. The zero-order valence-electron chi connectivity index (χ0n) is 14.1. The van der Waals surface area contributed by atoms with Gasteiger partial charge < -0.3 is 15.4 Å². The quantitative estimate of drug-likeness (QED) is 0.814. The summed E-state index contributed by atoms with van der Waals surface area (Å²) >= 11 is 0. The first-order valence-corrected chi connectivity index (χ1v) is 8.50. The minimum absolute atomic E-state index is 0.197. The fourth-order valence-electron chi connectivity index (χ4n) is 2.72. The van der Waals surface area contributed by atoms with Gasteiger partial charge >= 0.3 is 0 Å². The van der Waals surface area contributed by atoms with Crippen molar-refractivity contribution in [2.45, 2.75) is 13.0 Å². The molecule has 3 rings (SSSR count). The first-order valence-electron chi connectivity index (χ1n) is 8.50. The number of hydrogen-bond acceptors (Lipinski definition) is 6. The Morgan fingerprint density at radius 2 is 1.96 bits per heavy atom. The van der Waals surface area contributed by atoms with Gasteiger partial charge in [0.2, 0.25) is 5.95 Å². The summed E-state index contributed by atoms with van der Waals surface area (Å²) in [5.41, 5.74) is 1.23. The van der Waals surface area contributed by atoms with Crippen molar-refractivity contribution >= 4 is 11.8 Å². The highest BCUT2D eigenvalue weighted by molar-refractivity contribution is 5.41. The van der Waals surface area contributed by atoms with E-state index in [1.807, 2.05) is 24.3 Å². The third-order valence-electron chi connectivity index (χ3n) is 4.13. The van der Waals surface area contributed by atoms with Crippen molar-refractivity contribution in [2.24, 2.45) is 0 Å². The summed E-state index contributed by atoms with van der Waals surface area (Å²) in [5, 5.41) is 6.72. The second-order valence-corrected chi connectivity index (χ2v) is 5.92. The average Bonchev–Trinajstić information content (AvgIpc) is 2.64. The second-order valence-electron chi connectivity index (χ2n) is 5.92. The SMILES string of the molecule is CC(Nc1ccnc(NCCN2CCOCC2)n1)c1ccccc1. The first-order chi connectivity index (χ1) is 11.8. The van der Waals surface area contributed by atoms with Gasteiger partial charge in [-0.2, -0.15) is 4.98 Å². The molecule has 2 heterocycles. The first kappa shape index (κ1) is 16.7. The molecule has 0 aliphatic carbocycles. The summed E-state index contributed by atoms with van der Waals surface area (Å²) in [7, 11) is 0. The Hall–Kier alpha value is -2.18. The lowest BCUT2D eigenvalue weighted by Gasteiger charge is -2.26. The summed E-state index contributed by atoms with van der Waals surface area (Å²) in [5.74, 6) is 1.49. The summed E-state index contributed by atoms with van der Waals surface area (Å²) in [6, 6.07) is 12.4. The highest BCUT2D eigenvalue weighted by Gasteiger charge is 2.10. The molecule has 2 N–H and O–H groups in total. The van der Waals surface area contributed by atoms with Crippen molar-refractivity contribution < 1.29 is 4.74 Å². The maximum atomic E-state index is 5.36. The van der Waals surface area contributed by atoms with Crippen molar-refractivity contribution in [3.63, 3.8) is 0 Å². The van der Waals surface area contributed by atoms with Crippen LogP contribution in [0.4, 0.5) is 11.8 Å². The number of nitrogens with one attached hydrogen (secondary N) is 2. The molecule has 0 spiro atoms. The number of nitrogens with zero attached hydrogens (tertiary/aromatic N) is 3. The summed E-state index contributed by atoms with van der Waals surface area (Å²) in [6.45, 7) is 7.59. The van der Waals surface area contributed by atoms with E-state index in [9.17, 15) is 0 Å². The minimum Gasteiger partial charge on any atom is -0.379 e. The number of anilines is 2. The van der Waals surface area contributed by atoms with E-state index in [2.05, 4.69) is 44.6 Å². The average molecular weight is 327 g/mol. The monoisotopic (exact) mass is 327 g/mol. The van der Waals surface area contributed by atoms with Crippen LogP contribution in [0.15, 0.2) is 42.6 Å². The Morgan fingerprint density at radius 1 is 1.17 bits per heavy atom. The maximum Gasteiger partial charge on any atom is 0.224 e. The molecule has 0 bridgehead atoms. The van der Waals surface area contributed by atoms with Crippen LogP contribution >= 0.6 is 0 Å². The third kappa shape index (κ3) is 4.91. The van der Waals surface area contributed by atoms with Gasteiger partial charge in [0.1, 0.15) is 5.82 Å². The van der Waals surface area contributed by atoms with Crippen molar-refractivity contribution in [3.8, 4) is 0 Å². The Morgan fingerprint density at radius 3 is 2.75 bits per heavy atom. The molecular formula is C18H25N5O. The Bertz CT molecular complexity index is 616. The van der Waals surface area contributed by atoms with Crippen LogP contribution in [0.25, 0.3) is 0 Å². The number of aromatic nitrogens is 2. The smallest absolute Gasteiger partial charge is 0.224 e. The highest BCUT2D eigenvalue weighted by Crippen LogP contribution is 2.17. The van der Waals surface area contributed by atoms with Gasteiger partial charge in [0.15, 0.2) is 0 Å². The molecule has 1 saturated heterocycles. The molecule has 0 radical (unpaired) electrons. The van der Waals surface area contributed by atoms with Crippen LogP contribution in [0.5, 0.6) is 0 Å². The van der Waals surface area contributed by atoms with Gasteiger partial charge in [0.25, 0.3) is 0 Å².